The van der Waals surface area contributed by atoms with Gasteiger partial charge in [0, 0.05) is 5.56 Å². The number of nitrogens with two attached hydrogens (primary N) is 1. The highest BCUT2D eigenvalue weighted by Gasteiger charge is 2.28. The molecule has 2 aromatic carbocycles. The Bertz CT molecular complexity index is 536. The molecule has 0 amide bonds. The second-order valence-electron chi connectivity index (χ2n) is 5.01. The van der Waals surface area contributed by atoms with Gasteiger partial charge in [0.1, 0.15) is 5.82 Å². The van der Waals surface area contributed by atoms with E-state index < -0.39 is 5.54 Å². The fraction of sp³-hybridized carbons (Fsp3) is 0.250. The van der Waals surface area contributed by atoms with Crippen LogP contribution in [0.1, 0.15) is 29.2 Å². The zero-order chi connectivity index (χ0) is 13.3. The summed E-state index contributed by atoms with van der Waals surface area (Å²) in [5.41, 5.74) is 8.84. The van der Waals surface area contributed by atoms with E-state index in [1.165, 1.54) is 6.07 Å². The molecule has 0 saturated carbocycles. The van der Waals surface area contributed by atoms with E-state index in [9.17, 15) is 4.39 Å². The smallest absolute Gasteiger partial charge is 0.129 e. The molecule has 1 nitrogen and oxygen atoms in total. The van der Waals surface area contributed by atoms with Gasteiger partial charge in [-0.2, -0.15) is 0 Å². The van der Waals surface area contributed by atoms with E-state index in [1.54, 1.807) is 0 Å². The summed E-state index contributed by atoms with van der Waals surface area (Å²) in [5.74, 6) is -0.235. The maximum atomic E-state index is 14.2. The molecule has 0 fully saturated rings. The highest BCUT2D eigenvalue weighted by molar-refractivity contribution is 5.43. The molecular weight excluding hydrogens is 225 g/mol. The van der Waals surface area contributed by atoms with Crippen LogP contribution in [0.3, 0.4) is 0 Å². The summed E-state index contributed by atoms with van der Waals surface area (Å²) in [5, 5.41) is 0. The Labute approximate surface area is 107 Å². The molecule has 2 aromatic rings. The topological polar surface area (TPSA) is 26.0 Å². The number of benzene rings is 2. The van der Waals surface area contributed by atoms with Gasteiger partial charge in [-0.05, 0) is 43.5 Å². The van der Waals surface area contributed by atoms with Crippen LogP contribution in [0.25, 0.3) is 0 Å². The number of rotatable bonds is 2. The summed E-state index contributed by atoms with van der Waals surface area (Å²) in [6.07, 6.45) is 0. The second-order valence-corrected chi connectivity index (χ2v) is 5.01. The van der Waals surface area contributed by atoms with Crippen molar-refractivity contribution in [2.75, 3.05) is 0 Å². The molecule has 1 atom stereocenters. The Morgan fingerprint density at radius 3 is 2.22 bits per heavy atom. The van der Waals surface area contributed by atoms with Gasteiger partial charge in [0.25, 0.3) is 0 Å². The summed E-state index contributed by atoms with van der Waals surface area (Å²) in [4.78, 5) is 0. The van der Waals surface area contributed by atoms with Crippen molar-refractivity contribution in [3.05, 3.63) is 70.5 Å². The minimum atomic E-state index is -0.816. The van der Waals surface area contributed by atoms with Crippen LogP contribution in [-0.4, -0.2) is 0 Å². The molecule has 0 aliphatic rings. The van der Waals surface area contributed by atoms with Crippen molar-refractivity contribution in [3.63, 3.8) is 0 Å². The van der Waals surface area contributed by atoms with E-state index in [4.69, 9.17) is 5.73 Å². The van der Waals surface area contributed by atoms with Gasteiger partial charge in [0.2, 0.25) is 0 Å². The van der Waals surface area contributed by atoms with Crippen LogP contribution < -0.4 is 5.73 Å². The predicted molar refractivity (Wildman–Crippen MR) is 73.0 cm³/mol. The van der Waals surface area contributed by atoms with E-state index in [2.05, 4.69) is 0 Å². The summed E-state index contributed by atoms with van der Waals surface area (Å²) in [6.45, 7) is 5.64. The van der Waals surface area contributed by atoms with Gasteiger partial charge in [0.05, 0.1) is 5.54 Å². The normalized spacial score (nSPS) is 14.3. The van der Waals surface area contributed by atoms with Crippen LogP contribution in [0, 0.1) is 19.7 Å². The lowest BCUT2D eigenvalue weighted by atomic mass is 9.82. The van der Waals surface area contributed by atoms with Crippen LogP contribution in [0.2, 0.25) is 0 Å². The first kappa shape index (κ1) is 12.8. The van der Waals surface area contributed by atoms with Crippen LogP contribution >= 0.6 is 0 Å². The molecule has 2 N–H and O–H groups in total. The highest BCUT2D eigenvalue weighted by Crippen LogP contribution is 2.31. The Morgan fingerprint density at radius 1 is 1.06 bits per heavy atom. The van der Waals surface area contributed by atoms with Crippen LogP contribution in [0.5, 0.6) is 0 Å². The Hall–Kier alpha value is -1.67. The molecule has 0 aromatic heterocycles. The van der Waals surface area contributed by atoms with Gasteiger partial charge < -0.3 is 5.73 Å². The van der Waals surface area contributed by atoms with Crippen molar-refractivity contribution >= 4 is 0 Å². The summed E-state index contributed by atoms with van der Waals surface area (Å²) >= 11 is 0. The largest absolute Gasteiger partial charge is 0.318 e. The number of aryl methyl sites for hydroxylation is 2. The lowest BCUT2D eigenvalue weighted by Crippen LogP contribution is -2.36. The first-order valence-corrected chi connectivity index (χ1v) is 6.04. The Kier molecular flexibility index (Phi) is 3.22. The van der Waals surface area contributed by atoms with Gasteiger partial charge in [-0.15, -0.1) is 0 Å². The average Bonchev–Trinajstić information content (AvgIpc) is 2.28. The van der Waals surface area contributed by atoms with Crippen molar-refractivity contribution in [2.24, 2.45) is 5.73 Å². The first-order valence-electron chi connectivity index (χ1n) is 6.04. The quantitative estimate of drug-likeness (QED) is 0.855. The molecule has 0 saturated heterocycles. The van der Waals surface area contributed by atoms with Crippen LogP contribution in [-0.2, 0) is 5.54 Å². The van der Waals surface area contributed by atoms with Crippen molar-refractivity contribution in [1.29, 1.82) is 0 Å². The summed E-state index contributed by atoms with van der Waals surface area (Å²) in [7, 11) is 0. The van der Waals surface area contributed by atoms with Gasteiger partial charge >= 0.3 is 0 Å². The third-order valence-corrected chi connectivity index (χ3v) is 3.32. The molecule has 2 rings (SSSR count). The molecule has 1 unspecified atom stereocenters. The van der Waals surface area contributed by atoms with Crippen molar-refractivity contribution in [3.8, 4) is 0 Å². The number of halogens is 1. The van der Waals surface area contributed by atoms with Gasteiger partial charge in [-0.1, -0.05) is 36.4 Å². The predicted octanol–water partition coefficient (Wildman–Crippen LogP) is 3.66. The standard InChI is InChI=1S/C16H18FN/c1-11-9-12(2)15(14(17)10-11)16(3,18)13-7-5-4-6-8-13/h4-10H,18H2,1-3H3. The molecule has 2 heteroatoms. The molecule has 0 heterocycles. The van der Waals surface area contributed by atoms with Gasteiger partial charge in [-0.25, -0.2) is 4.39 Å². The third kappa shape index (κ3) is 2.16. The summed E-state index contributed by atoms with van der Waals surface area (Å²) in [6, 6.07) is 13.1. The van der Waals surface area contributed by atoms with Crippen LogP contribution in [0.4, 0.5) is 4.39 Å². The van der Waals surface area contributed by atoms with Crippen molar-refractivity contribution < 1.29 is 4.39 Å². The summed E-state index contributed by atoms with van der Waals surface area (Å²) < 4.78 is 14.2. The monoisotopic (exact) mass is 243 g/mol. The fourth-order valence-corrected chi connectivity index (χ4v) is 2.50. The molecule has 0 aliphatic heterocycles. The molecule has 0 bridgehead atoms. The molecule has 18 heavy (non-hydrogen) atoms. The lowest BCUT2D eigenvalue weighted by molar-refractivity contribution is 0.526. The SMILES string of the molecule is Cc1cc(C)c(C(C)(N)c2ccccc2)c(F)c1. The second kappa shape index (κ2) is 4.54. The minimum Gasteiger partial charge on any atom is -0.318 e. The molecule has 0 radical (unpaired) electrons. The van der Waals surface area contributed by atoms with E-state index in [0.717, 1.165) is 16.7 Å². The number of hydrogen-bond donors (Lipinski definition) is 1. The molecule has 0 aliphatic carbocycles. The maximum absolute atomic E-state index is 14.2. The van der Waals surface area contributed by atoms with E-state index in [1.807, 2.05) is 57.2 Å². The van der Waals surface area contributed by atoms with E-state index in [-0.39, 0.29) is 5.82 Å². The highest BCUT2D eigenvalue weighted by atomic mass is 19.1. The molecule has 0 spiro atoms. The zero-order valence-electron chi connectivity index (χ0n) is 11.0. The first-order chi connectivity index (χ1) is 8.43. The van der Waals surface area contributed by atoms with Gasteiger partial charge in [-0.3, -0.25) is 0 Å². The Morgan fingerprint density at radius 2 is 1.67 bits per heavy atom. The lowest BCUT2D eigenvalue weighted by Gasteiger charge is -2.28. The van der Waals surface area contributed by atoms with Crippen molar-refractivity contribution in [1.82, 2.24) is 0 Å². The van der Waals surface area contributed by atoms with E-state index >= 15 is 0 Å². The van der Waals surface area contributed by atoms with Crippen molar-refractivity contribution in [2.45, 2.75) is 26.3 Å². The minimum absolute atomic E-state index is 0.235. The Balaban J connectivity index is 2.61. The third-order valence-electron chi connectivity index (χ3n) is 3.32. The molecular formula is C16H18FN. The maximum Gasteiger partial charge on any atom is 0.129 e. The fourth-order valence-electron chi connectivity index (χ4n) is 2.50. The molecule has 94 valence electrons. The average molecular weight is 243 g/mol. The number of hydrogen-bond acceptors (Lipinski definition) is 1. The van der Waals surface area contributed by atoms with E-state index in [0.29, 0.717) is 5.56 Å². The van der Waals surface area contributed by atoms with Gasteiger partial charge in [0.15, 0.2) is 0 Å². The zero-order valence-corrected chi connectivity index (χ0v) is 11.0. The van der Waals surface area contributed by atoms with Crippen LogP contribution in [0.15, 0.2) is 42.5 Å².